The second-order valence-electron chi connectivity index (χ2n) is 9.31. The van der Waals surface area contributed by atoms with E-state index in [4.69, 9.17) is 4.74 Å². The van der Waals surface area contributed by atoms with E-state index >= 15 is 0 Å². The Morgan fingerprint density at radius 2 is 1.86 bits per heavy atom. The van der Waals surface area contributed by atoms with Crippen LogP contribution in [-0.4, -0.2) is 51.0 Å². The Hall–Kier alpha value is -3.98. The number of likely N-dealkylation sites (tertiary alicyclic amines) is 1. The molecule has 1 fully saturated rings. The number of benzene rings is 2. The molecule has 0 unspecified atom stereocenters. The molecule has 0 radical (unpaired) electrons. The molecule has 5 rings (SSSR count). The molecular formula is C28H28N4O4S. The maximum atomic E-state index is 13.0. The number of nitrogens with one attached hydrogen (secondary N) is 1. The SMILES string of the molecule is CC(C)Oc1ccc(C(=O)N2CCC(c3nc(C(=O)Nc4ccc(O)c5ncccc45)cs3)CC2)cc1. The van der Waals surface area contributed by atoms with Crippen LogP contribution in [0.5, 0.6) is 11.5 Å². The van der Waals surface area contributed by atoms with Crippen LogP contribution in [0, 0.1) is 0 Å². The molecule has 2 N–H and O–H groups in total. The monoisotopic (exact) mass is 516 g/mol. The van der Waals surface area contributed by atoms with Crippen molar-refractivity contribution in [2.75, 3.05) is 18.4 Å². The zero-order valence-electron chi connectivity index (χ0n) is 20.7. The third kappa shape index (κ3) is 5.41. The van der Waals surface area contributed by atoms with Gasteiger partial charge in [0.1, 0.15) is 22.7 Å². The van der Waals surface area contributed by atoms with Crippen molar-refractivity contribution >= 4 is 39.7 Å². The smallest absolute Gasteiger partial charge is 0.275 e. The minimum atomic E-state index is -0.309. The van der Waals surface area contributed by atoms with Crippen molar-refractivity contribution in [2.45, 2.75) is 38.7 Å². The number of hydrogen-bond donors (Lipinski definition) is 2. The van der Waals surface area contributed by atoms with Gasteiger partial charge in [-0.3, -0.25) is 14.6 Å². The maximum Gasteiger partial charge on any atom is 0.275 e. The number of hydrogen-bond acceptors (Lipinski definition) is 7. The van der Waals surface area contributed by atoms with E-state index < -0.39 is 0 Å². The third-order valence-electron chi connectivity index (χ3n) is 6.36. The summed E-state index contributed by atoms with van der Waals surface area (Å²) in [6, 6.07) is 14.0. The van der Waals surface area contributed by atoms with Gasteiger partial charge < -0.3 is 20.1 Å². The molecule has 0 bridgehead atoms. The van der Waals surface area contributed by atoms with Gasteiger partial charge in [-0.15, -0.1) is 11.3 Å². The number of phenolic OH excluding ortho intramolecular Hbond substituents is 1. The summed E-state index contributed by atoms with van der Waals surface area (Å²) < 4.78 is 5.66. The Morgan fingerprint density at radius 3 is 2.59 bits per heavy atom. The number of rotatable bonds is 6. The molecule has 9 heteroatoms. The van der Waals surface area contributed by atoms with E-state index in [-0.39, 0.29) is 29.6 Å². The normalized spacial score (nSPS) is 14.2. The van der Waals surface area contributed by atoms with Crippen molar-refractivity contribution in [3.8, 4) is 11.5 Å². The van der Waals surface area contributed by atoms with E-state index in [9.17, 15) is 14.7 Å². The van der Waals surface area contributed by atoms with E-state index in [1.54, 1.807) is 29.8 Å². The molecule has 1 aliphatic rings. The summed E-state index contributed by atoms with van der Waals surface area (Å²) >= 11 is 1.47. The third-order valence-corrected chi connectivity index (χ3v) is 7.36. The van der Waals surface area contributed by atoms with Crippen LogP contribution in [0.1, 0.15) is 58.5 Å². The largest absolute Gasteiger partial charge is 0.506 e. The number of phenols is 1. The molecule has 0 saturated carbocycles. The molecule has 0 spiro atoms. The molecule has 3 heterocycles. The lowest BCUT2D eigenvalue weighted by Crippen LogP contribution is -2.37. The van der Waals surface area contributed by atoms with Gasteiger partial charge in [0.05, 0.1) is 16.8 Å². The minimum absolute atomic E-state index is 0.0179. The maximum absolute atomic E-state index is 13.0. The number of amides is 2. The summed E-state index contributed by atoms with van der Waals surface area (Å²) in [5.74, 6) is 0.729. The van der Waals surface area contributed by atoms with Crippen LogP contribution in [0.15, 0.2) is 60.1 Å². The van der Waals surface area contributed by atoms with E-state index in [1.807, 2.05) is 43.0 Å². The summed E-state index contributed by atoms with van der Waals surface area (Å²) in [5.41, 5.74) is 2.00. The first-order chi connectivity index (χ1) is 17.9. The van der Waals surface area contributed by atoms with Crippen LogP contribution in [0.25, 0.3) is 10.9 Å². The number of thiazole rings is 1. The number of aromatic hydroxyl groups is 1. The van der Waals surface area contributed by atoms with Crippen molar-refractivity contribution in [1.82, 2.24) is 14.9 Å². The van der Waals surface area contributed by atoms with Gasteiger partial charge >= 0.3 is 0 Å². The highest BCUT2D eigenvalue weighted by molar-refractivity contribution is 7.10. The molecule has 2 amide bonds. The van der Waals surface area contributed by atoms with Crippen LogP contribution in [0.4, 0.5) is 5.69 Å². The van der Waals surface area contributed by atoms with Gasteiger partial charge in [-0.05, 0) is 75.2 Å². The zero-order valence-corrected chi connectivity index (χ0v) is 21.5. The number of aromatic nitrogens is 2. The van der Waals surface area contributed by atoms with E-state index in [0.717, 1.165) is 23.6 Å². The number of nitrogens with zero attached hydrogens (tertiary/aromatic N) is 3. The van der Waals surface area contributed by atoms with Gasteiger partial charge in [0, 0.05) is 41.5 Å². The number of piperidine rings is 1. The van der Waals surface area contributed by atoms with Gasteiger partial charge in [0.15, 0.2) is 0 Å². The Bertz CT molecular complexity index is 1430. The fourth-order valence-electron chi connectivity index (χ4n) is 4.49. The topological polar surface area (TPSA) is 105 Å². The first-order valence-electron chi connectivity index (χ1n) is 12.3. The van der Waals surface area contributed by atoms with Crippen molar-refractivity contribution in [3.63, 3.8) is 0 Å². The fourth-order valence-corrected chi connectivity index (χ4v) is 5.46. The molecule has 2 aromatic heterocycles. The molecule has 190 valence electrons. The standard InChI is InChI=1S/C28H28N4O4S/c1-17(2)36-20-7-5-19(6-8-20)28(35)32-14-11-18(12-15-32)27-31-23(16-37-27)26(34)30-22-9-10-24(33)25-21(22)4-3-13-29-25/h3-10,13,16-18,33H,11-12,14-15H2,1-2H3,(H,30,34). The molecule has 8 nitrogen and oxygen atoms in total. The summed E-state index contributed by atoms with van der Waals surface area (Å²) in [7, 11) is 0. The van der Waals surface area contributed by atoms with Crippen molar-refractivity contribution < 1.29 is 19.4 Å². The van der Waals surface area contributed by atoms with Crippen LogP contribution < -0.4 is 10.1 Å². The van der Waals surface area contributed by atoms with Gasteiger partial charge in [-0.25, -0.2) is 4.98 Å². The second-order valence-corrected chi connectivity index (χ2v) is 10.2. The first-order valence-corrected chi connectivity index (χ1v) is 13.2. The van der Waals surface area contributed by atoms with Gasteiger partial charge in [0.25, 0.3) is 11.8 Å². The zero-order chi connectivity index (χ0) is 25.9. The summed E-state index contributed by atoms with van der Waals surface area (Å²) in [6.07, 6.45) is 3.27. The number of anilines is 1. The molecule has 37 heavy (non-hydrogen) atoms. The van der Waals surface area contributed by atoms with Gasteiger partial charge in [-0.1, -0.05) is 0 Å². The van der Waals surface area contributed by atoms with E-state index in [2.05, 4.69) is 15.3 Å². The average Bonchev–Trinajstić information content (AvgIpc) is 3.41. The number of fused-ring (bicyclic) bond motifs is 1. The summed E-state index contributed by atoms with van der Waals surface area (Å²) in [6.45, 7) is 5.22. The van der Waals surface area contributed by atoms with Crippen LogP contribution >= 0.6 is 11.3 Å². The molecule has 0 aliphatic carbocycles. The lowest BCUT2D eigenvalue weighted by Gasteiger charge is -2.31. The molecule has 1 saturated heterocycles. The molecule has 0 atom stereocenters. The quantitative estimate of drug-likeness (QED) is 0.330. The van der Waals surface area contributed by atoms with E-state index in [0.29, 0.717) is 40.9 Å². The molecular weight excluding hydrogens is 488 g/mol. The highest BCUT2D eigenvalue weighted by atomic mass is 32.1. The van der Waals surface area contributed by atoms with Crippen molar-refractivity contribution in [2.24, 2.45) is 0 Å². The summed E-state index contributed by atoms with van der Waals surface area (Å²) in [5, 5.41) is 16.3. The van der Waals surface area contributed by atoms with Crippen molar-refractivity contribution in [3.05, 3.63) is 76.4 Å². The first kappa shape index (κ1) is 24.7. The highest BCUT2D eigenvalue weighted by Crippen LogP contribution is 2.32. The molecule has 1 aliphatic heterocycles. The van der Waals surface area contributed by atoms with Crippen LogP contribution in [0.2, 0.25) is 0 Å². The minimum Gasteiger partial charge on any atom is -0.506 e. The number of carbonyl (C=O) groups is 2. The second kappa shape index (κ2) is 10.6. The predicted molar refractivity (Wildman–Crippen MR) is 144 cm³/mol. The van der Waals surface area contributed by atoms with E-state index in [1.165, 1.54) is 17.4 Å². The van der Waals surface area contributed by atoms with Crippen molar-refractivity contribution in [1.29, 1.82) is 0 Å². The lowest BCUT2D eigenvalue weighted by atomic mass is 9.97. The Balaban J connectivity index is 1.20. The Labute approximate surface area is 218 Å². The Kier molecular flexibility index (Phi) is 7.05. The predicted octanol–water partition coefficient (Wildman–Crippen LogP) is 5.46. The number of ether oxygens (including phenoxy) is 1. The lowest BCUT2D eigenvalue weighted by molar-refractivity contribution is 0.0713. The van der Waals surface area contributed by atoms with Crippen LogP contribution in [0.3, 0.4) is 0 Å². The van der Waals surface area contributed by atoms with Crippen LogP contribution in [-0.2, 0) is 0 Å². The average molecular weight is 517 g/mol. The van der Waals surface area contributed by atoms with Gasteiger partial charge in [0.2, 0.25) is 0 Å². The Morgan fingerprint density at radius 1 is 1.11 bits per heavy atom. The number of carbonyl (C=O) groups excluding carboxylic acids is 2. The summed E-state index contributed by atoms with van der Waals surface area (Å²) in [4.78, 5) is 36.5. The highest BCUT2D eigenvalue weighted by Gasteiger charge is 2.27. The molecule has 4 aromatic rings. The van der Waals surface area contributed by atoms with Gasteiger partial charge in [-0.2, -0.15) is 0 Å². The fraction of sp³-hybridized carbons (Fsp3) is 0.286. The number of pyridine rings is 1. The molecule has 2 aromatic carbocycles.